The molecule has 2 rings (SSSR count). The molecular formula is C11H12ClN5OS. The maximum atomic E-state index is 12.0. The van der Waals surface area contributed by atoms with Gasteiger partial charge in [0.25, 0.3) is 5.91 Å². The molecule has 1 aromatic heterocycles. The number of aromatic nitrogens is 3. The monoisotopic (exact) mass is 297 g/mol. The molecule has 0 radical (unpaired) electrons. The van der Waals surface area contributed by atoms with E-state index in [0.717, 1.165) is 0 Å². The summed E-state index contributed by atoms with van der Waals surface area (Å²) >= 11 is 10.7. The predicted octanol–water partition coefficient (Wildman–Crippen LogP) is 1.80. The van der Waals surface area contributed by atoms with Crippen LogP contribution in [-0.4, -0.2) is 20.8 Å². The number of H-pyrrole nitrogens is 1. The fourth-order valence-corrected chi connectivity index (χ4v) is 1.83. The average Bonchev–Trinajstić information content (AvgIpc) is 2.70. The van der Waals surface area contributed by atoms with Gasteiger partial charge in [-0.05, 0) is 43.4 Å². The minimum Gasteiger partial charge on any atom is -0.342 e. The average molecular weight is 298 g/mol. The molecule has 0 spiro atoms. The Hall–Kier alpha value is -1.86. The van der Waals surface area contributed by atoms with Gasteiger partial charge in [-0.25, -0.2) is 4.68 Å². The van der Waals surface area contributed by atoms with Crippen LogP contribution < -0.4 is 11.2 Å². The fourth-order valence-electron chi connectivity index (χ4n) is 1.57. The van der Waals surface area contributed by atoms with E-state index in [0.29, 0.717) is 21.2 Å². The van der Waals surface area contributed by atoms with E-state index in [9.17, 15) is 4.79 Å². The minimum atomic E-state index is -0.374. The van der Waals surface area contributed by atoms with Crippen LogP contribution in [0.5, 0.6) is 0 Å². The lowest BCUT2D eigenvalue weighted by Crippen LogP contribution is -2.30. The first-order chi connectivity index (χ1) is 8.99. The molecule has 0 unspecified atom stereocenters. The van der Waals surface area contributed by atoms with Crippen molar-refractivity contribution in [3.05, 3.63) is 45.4 Å². The number of rotatable bonds is 3. The number of nitrogens with two attached hydrogens (primary N) is 1. The maximum Gasteiger partial charge on any atom is 0.251 e. The number of halogens is 1. The van der Waals surface area contributed by atoms with Crippen LogP contribution in [0.4, 0.5) is 0 Å². The number of carbonyl (C=O) groups excluding carboxylic acids is 1. The Labute approximate surface area is 119 Å². The second kappa shape index (κ2) is 5.41. The van der Waals surface area contributed by atoms with Crippen molar-refractivity contribution in [3.8, 4) is 0 Å². The fraction of sp³-hybridized carbons (Fsp3) is 0.182. The standard InChI is InChI=1S/C11H12ClN5OS/c1-6(9-15-16-11(19)17(9)13)14-10(18)7-2-4-8(12)5-3-7/h2-6H,13H2,1H3,(H,14,18)(H,16,19)/t6-/m0/s1. The summed E-state index contributed by atoms with van der Waals surface area (Å²) in [5.41, 5.74) is 0.508. The predicted molar refractivity (Wildman–Crippen MR) is 74.9 cm³/mol. The van der Waals surface area contributed by atoms with E-state index in [1.165, 1.54) is 4.68 Å². The third-order valence-electron chi connectivity index (χ3n) is 2.57. The molecule has 0 fully saturated rings. The molecular weight excluding hydrogens is 286 g/mol. The zero-order chi connectivity index (χ0) is 14.0. The molecule has 1 amide bonds. The molecule has 1 heterocycles. The van der Waals surface area contributed by atoms with Crippen LogP contribution in [0.3, 0.4) is 0 Å². The number of nitrogens with one attached hydrogen (secondary N) is 2. The van der Waals surface area contributed by atoms with Crippen LogP contribution in [0.1, 0.15) is 29.1 Å². The largest absolute Gasteiger partial charge is 0.342 e. The Balaban J connectivity index is 2.13. The Morgan fingerprint density at radius 3 is 2.68 bits per heavy atom. The molecule has 0 aliphatic heterocycles. The topological polar surface area (TPSA) is 88.7 Å². The molecule has 0 saturated carbocycles. The Bertz CT molecular complexity index is 648. The Morgan fingerprint density at radius 2 is 2.16 bits per heavy atom. The molecule has 1 atom stereocenters. The van der Waals surface area contributed by atoms with Gasteiger partial charge >= 0.3 is 0 Å². The van der Waals surface area contributed by atoms with Crippen LogP contribution in [0.25, 0.3) is 0 Å². The number of carbonyl (C=O) groups is 1. The molecule has 0 bridgehead atoms. The summed E-state index contributed by atoms with van der Waals surface area (Å²) in [5.74, 6) is 5.90. The highest BCUT2D eigenvalue weighted by atomic mass is 35.5. The molecule has 19 heavy (non-hydrogen) atoms. The summed E-state index contributed by atoms with van der Waals surface area (Å²) < 4.78 is 1.52. The highest BCUT2D eigenvalue weighted by Gasteiger charge is 2.16. The molecule has 1 aromatic carbocycles. The molecule has 0 aliphatic carbocycles. The summed E-state index contributed by atoms with van der Waals surface area (Å²) in [4.78, 5) is 12.0. The third kappa shape index (κ3) is 2.94. The van der Waals surface area contributed by atoms with Crippen LogP contribution in [0.15, 0.2) is 24.3 Å². The van der Waals surface area contributed by atoms with Crippen molar-refractivity contribution in [2.75, 3.05) is 5.84 Å². The summed E-state index contributed by atoms with van der Waals surface area (Å²) in [5, 5.41) is 9.87. The van der Waals surface area contributed by atoms with E-state index < -0.39 is 0 Å². The lowest BCUT2D eigenvalue weighted by Gasteiger charge is -2.12. The summed E-state index contributed by atoms with van der Waals surface area (Å²) in [7, 11) is 0. The van der Waals surface area contributed by atoms with Crippen LogP contribution >= 0.6 is 23.8 Å². The number of benzene rings is 1. The highest BCUT2D eigenvalue weighted by Crippen LogP contribution is 2.12. The first kappa shape index (κ1) is 13.6. The summed E-state index contributed by atoms with van der Waals surface area (Å²) in [6.07, 6.45) is 0. The number of hydrogen-bond acceptors (Lipinski definition) is 4. The number of aromatic amines is 1. The van der Waals surface area contributed by atoms with E-state index in [-0.39, 0.29) is 11.9 Å². The van der Waals surface area contributed by atoms with E-state index in [2.05, 4.69) is 15.5 Å². The van der Waals surface area contributed by atoms with Gasteiger partial charge in [0.1, 0.15) is 0 Å². The van der Waals surface area contributed by atoms with Gasteiger partial charge in [0.05, 0.1) is 6.04 Å². The number of nitrogens with zero attached hydrogens (tertiary/aromatic N) is 2. The quantitative estimate of drug-likeness (QED) is 0.595. The summed E-state index contributed by atoms with van der Waals surface area (Å²) in [6, 6.07) is 6.22. The van der Waals surface area contributed by atoms with E-state index in [1.54, 1.807) is 31.2 Å². The smallest absolute Gasteiger partial charge is 0.251 e. The molecule has 0 aliphatic rings. The van der Waals surface area contributed by atoms with Gasteiger partial charge in [0.2, 0.25) is 4.77 Å². The van der Waals surface area contributed by atoms with Crippen LogP contribution in [0, 0.1) is 4.77 Å². The van der Waals surface area contributed by atoms with Crippen molar-refractivity contribution in [2.24, 2.45) is 0 Å². The first-order valence-electron chi connectivity index (χ1n) is 5.48. The van der Waals surface area contributed by atoms with Crippen molar-refractivity contribution < 1.29 is 4.79 Å². The van der Waals surface area contributed by atoms with Gasteiger partial charge in [-0.2, -0.15) is 5.10 Å². The second-order valence-electron chi connectivity index (χ2n) is 3.96. The molecule has 8 heteroatoms. The number of hydrogen-bond donors (Lipinski definition) is 3. The van der Waals surface area contributed by atoms with Gasteiger partial charge in [0.15, 0.2) is 5.82 Å². The molecule has 6 nitrogen and oxygen atoms in total. The Morgan fingerprint density at radius 1 is 1.53 bits per heavy atom. The van der Waals surface area contributed by atoms with Crippen LogP contribution in [-0.2, 0) is 0 Å². The van der Waals surface area contributed by atoms with Gasteiger partial charge in [0, 0.05) is 10.6 Å². The first-order valence-corrected chi connectivity index (χ1v) is 6.26. The van der Waals surface area contributed by atoms with E-state index >= 15 is 0 Å². The zero-order valence-electron chi connectivity index (χ0n) is 10.1. The van der Waals surface area contributed by atoms with Crippen molar-refractivity contribution in [1.82, 2.24) is 20.2 Å². The third-order valence-corrected chi connectivity index (χ3v) is 3.11. The second-order valence-corrected chi connectivity index (χ2v) is 4.78. The molecule has 0 saturated heterocycles. The lowest BCUT2D eigenvalue weighted by molar-refractivity contribution is 0.0938. The van der Waals surface area contributed by atoms with Crippen LogP contribution in [0.2, 0.25) is 5.02 Å². The number of nitrogen functional groups attached to an aromatic ring is 1. The number of amides is 1. The van der Waals surface area contributed by atoms with Crippen molar-refractivity contribution in [1.29, 1.82) is 0 Å². The highest BCUT2D eigenvalue weighted by molar-refractivity contribution is 7.71. The van der Waals surface area contributed by atoms with E-state index in [1.807, 2.05) is 0 Å². The lowest BCUT2D eigenvalue weighted by atomic mass is 10.2. The van der Waals surface area contributed by atoms with Gasteiger partial charge in [-0.15, -0.1) is 0 Å². The van der Waals surface area contributed by atoms with Gasteiger partial charge in [-0.1, -0.05) is 11.6 Å². The summed E-state index contributed by atoms with van der Waals surface area (Å²) in [6.45, 7) is 1.77. The maximum absolute atomic E-state index is 12.0. The Kier molecular flexibility index (Phi) is 3.87. The molecule has 2 aromatic rings. The van der Waals surface area contributed by atoms with Crippen molar-refractivity contribution in [3.63, 3.8) is 0 Å². The van der Waals surface area contributed by atoms with Gasteiger partial charge < -0.3 is 11.2 Å². The van der Waals surface area contributed by atoms with Crippen molar-refractivity contribution >= 4 is 29.7 Å². The zero-order valence-corrected chi connectivity index (χ0v) is 11.6. The normalized spacial score (nSPS) is 12.1. The van der Waals surface area contributed by atoms with Crippen molar-refractivity contribution in [2.45, 2.75) is 13.0 Å². The molecule has 100 valence electrons. The molecule has 4 N–H and O–H groups in total. The SMILES string of the molecule is C[C@H](NC(=O)c1ccc(Cl)cc1)c1n[nH]c(=S)n1N. The minimum absolute atomic E-state index is 0.238. The van der Waals surface area contributed by atoms with E-state index in [4.69, 9.17) is 29.7 Å². The van der Waals surface area contributed by atoms with Gasteiger partial charge in [-0.3, -0.25) is 9.89 Å².